The van der Waals surface area contributed by atoms with E-state index in [1.54, 1.807) is 22.7 Å². The largest absolute Gasteiger partial charge is 0.370 e. The molecule has 0 aromatic carbocycles. The Morgan fingerprint density at radius 2 is 2.26 bits per heavy atom. The molecule has 0 saturated heterocycles. The van der Waals surface area contributed by atoms with Crippen LogP contribution in [0.15, 0.2) is 18.2 Å². The van der Waals surface area contributed by atoms with Crippen molar-refractivity contribution >= 4 is 23.5 Å². The van der Waals surface area contributed by atoms with Crippen LogP contribution in [0, 0.1) is 0 Å². The predicted octanol–water partition coefficient (Wildman–Crippen LogP) is 2.73. The summed E-state index contributed by atoms with van der Waals surface area (Å²) in [6, 6.07) is 5.72. The Morgan fingerprint density at radius 3 is 2.89 bits per heavy atom. The number of pyridine rings is 1. The molecule has 19 heavy (non-hydrogen) atoms. The first-order valence-corrected chi connectivity index (χ1v) is 7.96. The molecule has 1 heterocycles. The number of carbonyl (C=O) groups is 1. The molecule has 0 fully saturated rings. The van der Waals surface area contributed by atoms with Gasteiger partial charge in [0.05, 0.1) is 0 Å². The molecule has 0 aliphatic carbocycles. The van der Waals surface area contributed by atoms with Crippen molar-refractivity contribution in [2.24, 2.45) is 0 Å². The van der Waals surface area contributed by atoms with E-state index in [4.69, 9.17) is 0 Å². The normalized spacial score (nSPS) is 12.0. The first-order chi connectivity index (χ1) is 9.10. The third kappa shape index (κ3) is 4.74. The van der Waals surface area contributed by atoms with Gasteiger partial charge >= 0.3 is 0 Å². The van der Waals surface area contributed by atoms with E-state index in [1.807, 2.05) is 32.4 Å². The van der Waals surface area contributed by atoms with E-state index in [9.17, 15) is 4.79 Å². The second-order valence-electron chi connectivity index (χ2n) is 4.56. The van der Waals surface area contributed by atoms with E-state index in [1.165, 1.54) is 0 Å². The van der Waals surface area contributed by atoms with Gasteiger partial charge in [0.25, 0.3) is 5.91 Å². The van der Waals surface area contributed by atoms with Crippen molar-refractivity contribution in [1.82, 2.24) is 9.88 Å². The summed E-state index contributed by atoms with van der Waals surface area (Å²) in [5.41, 5.74) is 0.497. The molecule has 1 rings (SSSR count). The van der Waals surface area contributed by atoms with Gasteiger partial charge in [-0.15, -0.1) is 0 Å². The summed E-state index contributed by atoms with van der Waals surface area (Å²) in [6.07, 6.45) is 3.08. The highest BCUT2D eigenvalue weighted by molar-refractivity contribution is 7.98. The third-order valence-electron chi connectivity index (χ3n) is 2.91. The van der Waals surface area contributed by atoms with Crippen LogP contribution >= 0.6 is 11.8 Å². The number of nitrogens with zero attached hydrogens (tertiary/aromatic N) is 2. The lowest BCUT2D eigenvalue weighted by Gasteiger charge is -2.24. The lowest BCUT2D eigenvalue weighted by molar-refractivity contribution is 0.0752. The summed E-state index contributed by atoms with van der Waals surface area (Å²) in [6.45, 7) is 5.01. The standard InChI is InChI=1S/C14H23N3OS/c1-5-9-15-13-8-6-7-12(16-13)14(18)17(3)11(2)10-19-4/h6-8,11H,5,9-10H2,1-4H3,(H,15,16). The lowest BCUT2D eigenvalue weighted by Crippen LogP contribution is -2.37. The lowest BCUT2D eigenvalue weighted by atomic mass is 10.2. The summed E-state index contributed by atoms with van der Waals surface area (Å²) in [5, 5.41) is 3.20. The van der Waals surface area contributed by atoms with E-state index >= 15 is 0 Å². The van der Waals surface area contributed by atoms with Gasteiger partial charge in [0.15, 0.2) is 0 Å². The molecule has 0 aliphatic heterocycles. The van der Waals surface area contributed by atoms with Crippen molar-refractivity contribution in [1.29, 1.82) is 0 Å². The average Bonchev–Trinajstić information content (AvgIpc) is 2.44. The Labute approximate surface area is 120 Å². The molecule has 1 unspecified atom stereocenters. The molecule has 1 aromatic heterocycles. The molecule has 0 saturated carbocycles. The van der Waals surface area contributed by atoms with Gasteiger partial charge in [-0.1, -0.05) is 13.0 Å². The topological polar surface area (TPSA) is 45.2 Å². The van der Waals surface area contributed by atoms with E-state index in [-0.39, 0.29) is 11.9 Å². The third-order valence-corrected chi connectivity index (χ3v) is 3.73. The molecule has 1 amide bonds. The molecular formula is C14H23N3OS. The zero-order valence-electron chi connectivity index (χ0n) is 12.1. The molecule has 5 heteroatoms. The number of nitrogens with one attached hydrogen (secondary N) is 1. The number of carbonyl (C=O) groups excluding carboxylic acids is 1. The number of aromatic nitrogens is 1. The smallest absolute Gasteiger partial charge is 0.272 e. The van der Waals surface area contributed by atoms with E-state index in [0.29, 0.717) is 5.69 Å². The number of thioether (sulfide) groups is 1. The Balaban J connectivity index is 2.75. The Bertz CT molecular complexity index is 411. The van der Waals surface area contributed by atoms with Gasteiger partial charge in [-0.3, -0.25) is 4.79 Å². The predicted molar refractivity (Wildman–Crippen MR) is 83.0 cm³/mol. The van der Waals surface area contributed by atoms with Crippen molar-refractivity contribution in [2.45, 2.75) is 26.3 Å². The van der Waals surface area contributed by atoms with Crippen molar-refractivity contribution in [3.63, 3.8) is 0 Å². The van der Waals surface area contributed by atoms with Crippen molar-refractivity contribution in [3.05, 3.63) is 23.9 Å². The van der Waals surface area contributed by atoms with Gasteiger partial charge in [0.1, 0.15) is 11.5 Å². The maximum absolute atomic E-state index is 12.3. The van der Waals surface area contributed by atoms with Crippen LogP contribution in [0.2, 0.25) is 0 Å². The van der Waals surface area contributed by atoms with E-state index < -0.39 is 0 Å². The van der Waals surface area contributed by atoms with Gasteiger partial charge in [-0.25, -0.2) is 4.98 Å². The molecule has 1 aromatic rings. The highest BCUT2D eigenvalue weighted by Crippen LogP contribution is 2.10. The van der Waals surface area contributed by atoms with Crippen LogP contribution in [0.3, 0.4) is 0 Å². The summed E-state index contributed by atoms with van der Waals surface area (Å²) in [7, 11) is 1.83. The van der Waals surface area contributed by atoms with Gasteiger partial charge in [0.2, 0.25) is 0 Å². The molecule has 0 aliphatic rings. The summed E-state index contributed by atoms with van der Waals surface area (Å²) in [4.78, 5) is 18.4. The fourth-order valence-electron chi connectivity index (χ4n) is 1.64. The SMILES string of the molecule is CCCNc1cccc(C(=O)N(C)C(C)CSC)n1. The molecule has 0 spiro atoms. The summed E-state index contributed by atoms with van der Waals surface area (Å²) in [5.74, 6) is 1.66. The highest BCUT2D eigenvalue weighted by atomic mass is 32.2. The Hall–Kier alpha value is -1.23. The Kier molecular flexibility index (Phi) is 6.70. The quantitative estimate of drug-likeness (QED) is 0.834. The maximum Gasteiger partial charge on any atom is 0.272 e. The van der Waals surface area contributed by atoms with Crippen molar-refractivity contribution in [3.8, 4) is 0 Å². The maximum atomic E-state index is 12.3. The summed E-state index contributed by atoms with van der Waals surface area (Å²) < 4.78 is 0. The zero-order chi connectivity index (χ0) is 14.3. The molecule has 1 N–H and O–H groups in total. The number of rotatable bonds is 7. The first kappa shape index (κ1) is 15.8. The number of anilines is 1. The number of hydrogen-bond acceptors (Lipinski definition) is 4. The number of amides is 1. The minimum absolute atomic E-state index is 0.0262. The molecule has 1 atom stereocenters. The fourth-order valence-corrected chi connectivity index (χ4v) is 2.35. The van der Waals surface area contributed by atoms with Crippen LogP contribution in [0.25, 0.3) is 0 Å². The van der Waals surface area contributed by atoms with Crippen LogP contribution in [0.5, 0.6) is 0 Å². The first-order valence-electron chi connectivity index (χ1n) is 6.57. The van der Waals surface area contributed by atoms with E-state index in [0.717, 1.165) is 24.5 Å². The van der Waals surface area contributed by atoms with Gasteiger partial charge in [-0.05, 0) is 31.7 Å². The van der Waals surface area contributed by atoms with Gasteiger partial charge in [0, 0.05) is 25.4 Å². The summed E-state index contributed by atoms with van der Waals surface area (Å²) >= 11 is 1.74. The van der Waals surface area contributed by atoms with Crippen LogP contribution in [-0.4, -0.2) is 47.4 Å². The monoisotopic (exact) mass is 281 g/mol. The van der Waals surface area contributed by atoms with E-state index in [2.05, 4.69) is 17.2 Å². The number of hydrogen-bond donors (Lipinski definition) is 1. The zero-order valence-corrected chi connectivity index (χ0v) is 13.0. The van der Waals surface area contributed by atoms with Gasteiger partial charge in [-0.2, -0.15) is 11.8 Å². The van der Waals surface area contributed by atoms with Crippen LogP contribution in [-0.2, 0) is 0 Å². The van der Waals surface area contributed by atoms with Crippen LogP contribution in [0.1, 0.15) is 30.8 Å². The molecular weight excluding hydrogens is 258 g/mol. The van der Waals surface area contributed by atoms with Crippen molar-refractivity contribution in [2.75, 3.05) is 30.9 Å². The van der Waals surface area contributed by atoms with Gasteiger partial charge < -0.3 is 10.2 Å². The minimum Gasteiger partial charge on any atom is -0.370 e. The second kappa shape index (κ2) is 8.04. The van der Waals surface area contributed by atoms with Crippen molar-refractivity contribution < 1.29 is 4.79 Å². The molecule has 0 bridgehead atoms. The molecule has 4 nitrogen and oxygen atoms in total. The van der Waals surface area contributed by atoms with Crippen LogP contribution < -0.4 is 5.32 Å². The fraction of sp³-hybridized carbons (Fsp3) is 0.571. The second-order valence-corrected chi connectivity index (χ2v) is 5.47. The highest BCUT2D eigenvalue weighted by Gasteiger charge is 2.18. The average molecular weight is 281 g/mol. The molecule has 0 radical (unpaired) electrons. The van der Waals surface area contributed by atoms with Crippen LogP contribution in [0.4, 0.5) is 5.82 Å². The Morgan fingerprint density at radius 1 is 1.53 bits per heavy atom. The minimum atomic E-state index is -0.0262. The molecule has 106 valence electrons.